The molecule has 0 aromatic carbocycles. The normalized spacial score (nSPS) is 56.8. The Morgan fingerprint density at radius 2 is 2.21 bits per heavy atom. The van der Waals surface area contributed by atoms with E-state index in [1.165, 1.54) is 0 Å². The van der Waals surface area contributed by atoms with Crippen molar-refractivity contribution >= 4 is 11.9 Å². The molecule has 1 aliphatic heterocycles. The summed E-state index contributed by atoms with van der Waals surface area (Å²) < 4.78 is 5.96. The Balaban J connectivity index is 1.78. The van der Waals surface area contributed by atoms with E-state index >= 15 is 0 Å². The summed E-state index contributed by atoms with van der Waals surface area (Å²) in [5, 5.41) is 21.1. The van der Waals surface area contributed by atoms with Crippen molar-refractivity contribution in [2.24, 2.45) is 28.6 Å². The van der Waals surface area contributed by atoms with E-state index in [0.29, 0.717) is 32.1 Å². The van der Waals surface area contributed by atoms with Crippen LogP contribution < -0.4 is 0 Å². The van der Waals surface area contributed by atoms with Crippen molar-refractivity contribution < 1.29 is 24.5 Å². The number of carboxylic acid groups (broad SMARTS) is 1. The highest BCUT2D eigenvalue weighted by Crippen LogP contribution is 2.77. The Kier molecular flexibility index (Phi) is 2.32. The second-order valence-corrected chi connectivity index (χ2v) is 8.87. The second-order valence-electron chi connectivity index (χ2n) is 8.87. The Morgan fingerprint density at radius 1 is 1.46 bits per heavy atom. The van der Waals surface area contributed by atoms with Gasteiger partial charge in [-0.15, -0.1) is 0 Å². The topological polar surface area (TPSA) is 83.8 Å². The molecular weight excluding hydrogens is 308 g/mol. The standard InChI is InChI=1S/C19H22O5/c1-10-8-17-9-18(10,23)7-4-11(17)19-6-3-5-16(2,15(22)24-19)13(19)12(17)14(20)21/h3,6,11-13,23H,1,4-5,7-9H2,2H3,(H,20,21)/t11-,12-,13-,16+,17?,18+,19+/m1/s1. The maximum atomic E-state index is 12.6. The number of ether oxygens (including phenoxy) is 1. The van der Waals surface area contributed by atoms with Gasteiger partial charge in [0.05, 0.1) is 16.9 Å². The molecule has 5 aliphatic rings. The van der Waals surface area contributed by atoms with Crippen LogP contribution in [0.4, 0.5) is 0 Å². The maximum absolute atomic E-state index is 12.6. The van der Waals surface area contributed by atoms with Crippen LogP contribution in [0.2, 0.25) is 0 Å². The van der Waals surface area contributed by atoms with Gasteiger partial charge in [-0.3, -0.25) is 9.59 Å². The molecule has 4 fully saturated rings. The fraction of sp³-hybridized carbons (Fsp3) is 0.684. The van der Waals surface area contributed by atoms with Crippen LogP contribution in [0.5, 0.6) is 0 Å². The van der Waals surface area contributed by atoms with Gasteiger partial charge in [0.1, 0.15) is 5.60 Å². The Labute approximate surface area is 140 Å². The molecule has 4 aliphatic carbocycles. The van der Waals surface area contributed by atoms with Crippen LogP contribution in [0.25, 0.3) is 0 Å². The number of carbonyl (C=O) groups is 2. The first kappa shape index (κ1) is 14.7. The molecule has 1 unspecified atom stereocenters. The van der Waals surface area contributed by atoms with Crippen molar-refractivity contribution in [3.8, 4) is 0 Å². The lowest BCUT2D eigenvalue weighted by Gasteiger charge is -2.44. The SMILES string of the molecule is C=C1CC23C[C@@]1(O)CC[C@H]2[C@]12C=CC[C@](C)(C(=O)O1)[C@H]2[C@@H]3C(=O)O. The van der Waals surface area contributed by atoms with Crippen LogP contribution in [-0.2, 0) is 14.3 Å². The summed E-state index contributed by atoms with van der Waals surface area (Å²) in [6.07, 6.45) is 6.67. The highest BCUT2D eigenvalue weighted by Gasteiger charge is 2.82. The van der Waals surface area contributed by atoms with E-state index in [2.05, 4.69) is 6.58 Å². The summed E-state index contributed by atoms with van der Waals surface area (Å²) in [5.41, 5.74) is -2.37. The quantitative estimate of drug-likeness (QED) is 0.568. The van der Waals surface area contributed by atoms with Gasteiger partial charge in [0.15, 0.2) is 0 Å². The number of allylic oxidation sites excluding steroid dienone is 1. The molecule has 0 amide bonds. The molecule has 1 spiro atoms. The molecule has 3 saturated carbocycles. The summed E-state index contributed by atoms with van der Waals surface area (Å²) in [5.74, 6) is -2.24. The highest BCUT2D eigenvalue weighted by atomic mass is 16.6. The van der Waals surface area contributed by atoms with Crippen molar-refractivity contribution in [3.05, 3.63) is 24.3 Å². The number of rotatable bonds is 1. The third kappa shape index (κ3) is 1.25. The third-order valence-electron chi connectivity index (χ3n) is 7.95. The smallest absolute Gasteiger partial charge is 0.313 e. The first-order valence-corrected chi connectivity index (χ1v) is 8.74. The average Bonchev–Trinajstić information content (AvgIpc) is 2.88. The first-order valence-electron chi connectivity index (χ1n) is 8.74. The molecule has 2 N–H and O–H groups in total. The number of hydrogen-bond donors (Lipinski definition) is 2. The molecule has 0 aromatic heterocycles. The molecule has 1 saturated heterocycles. The summed E-state index contributed by atoms with van der Waals surface area (Å²) in [6, 6.07) is 0. The van der Waals surface area contributed by atoms with Gasteiger partial charge in [0, 0.05) is 11.8 Å². The van der Waals surface area contributed by atoms with Gasteiger partial charge >= 0.3 is 11.9 Å². The lowest BCUT2D eigenvalue weighted by molar-refractivity contribution is -0.160. The predicted octanol–water partition coefficient (Wildman–Crippen LogP) is 2.06. The molecule has 5 nitrogen and oxygen atoms in total. The maximum Gasteiger partial charge on any atom is 0.313 e. The fourth-order valence-electron chi connectivity index (χ4n) is 7.14. The lowest BCUT2D eigenvalue weighted by atomic mass is 9.61. The van der Waals surface area contributed by atoms with Crippen molar-refractivity contribution in [3.63, 3.8) is 0 Å². The number of esters is 1. The van der Waals surface area contributed by atoms with Crippen LogP contribution >= 0.6 is 0 Å². The number of hydrogen-bond acceptors (Lipinski definition) is 4. The molecule has 0 radical (unpaired) electrons. The van der Waals surface area contributed by atoms with Crippen LogP contribution in [0.15, 0.2) is 24.3 Å². The van der Waals surface area contributed by atoms with Crippen LogP contribution in [0.3, 0.4) is 0 Å². The molecule has 128 valence electrons. The van der Waals surface area contributed by atoms with E-state index in [0.717, 1.165) is 5.57 Å². The minimum atomic E-state index is -0.956. The molecular formula is C19H22O5. The number of carboxylic acids is 1. The molecule has 1 heterocycles. The van der Waals surface area contributed by atoms with Crippen LogP contribution in [0, 0.1) is 28.6 Å². The van der Waals surface area contributed by atoms with Gasteiger partial charge in [0.25, 0.3) is 0 Å². The van der Waals surface area contributed by atoms with Crippen molar-refractivity contribution in [1.29, 1.82) is 0 Å². The van der Waals surface area contributed by atoms with Gasteiger partial charge in [-0.2, -0.15) is 0 Å². The van der Waals surface area contributed by atoms with E-state index in [4.69, 9.17) is 4.74 Å². The van der Waals surface area contributed by atoms with E-state index in [9.17, 15) is 19.8 Å². The fourth-order valence-corrected chi connectivity index (χ4v) is 7.14. The van der Waals surface area contributed by atoms with E-state index in [1.54, 1.807) is 0 Å². The molecule has 5 rings (SSSR count). The molecule has 7 atom stereocenters. The Bertz CT molecular complexity index is 740. The summed E-state index contributed by atoms with van der Waals surface area (Å²) in [6.45, 7) is 5.91. The molecule has 4 bridgehead atoms. The third-order valence-corrected chi connectivity index (χ3v) is 7.95. The number of carbonyl (C=O) groups excluding carboxylic acids is 1. The predicted molar refractivity (Wildman–Crippen MR) is 83.8 cm³/mol. The van der Waals surface area contributed by atoms with Gasteiger partial charge in [-0.1, -0.05) is 12.7 Å². The van der Waals surface area contributed by atoms with Gasteiger partial charge < -0.3 is 14.9 Å². The van der Waals surface area contributed by atoms with Crippen molar-refractivity contribution in [2.75, 3.05) is 0 Å². The summed E-state index contributed by atoms with van der Waals surface area (Å²) in [4.78, 5) is 25.0. The van der Waals surface area contributed by atoms with E-state index in [1.807, 2.05) is 19.1 Å². The molecule has 24 heavy (non-hydrogen) atoms. The number of fused-ring (bicyclic) bond motifs is 1. The summed E-state index contributed by atoms with van der Waals surface area (Å²) in [7, 11) is 0. The van der Waals surface area contributed by atoms with E-state index < -0.39 is 33.9 Å². The first-order chi connectivity index (χ1) is 11.2. The second kappa shape index (κ2) is 3.79. The zero-order valence-electron chi connectivity index (χ0n) is 13.7. The Hall–Kier alpha value is -1.62. The van der Waals surface area contributed by atoms with Crippen molar-refractivity contribution in [2.45, 2.75) is 50.2 Å². The minimum Gasteiger partial charge on any atom is -0.481 e. The number of aliphatic hydroxyl groups is 1. The average molecular weight is 330 g/mol. The lowest BCUT2D eigenvalue weighted by Crippen LogP contribution is -2.46. The minimum absolute atomic E-state index is 0.0575. The molecule has 5 heteroatoms. The highest BCUT2D eigenvalue weighted by molar-refractivity contribution is 5.85. The zero-order valence-corrected chi connectivity index (χ0v) is 13.7. The van der Waals surface area contributed by atoms with E-state index in [-0.39, 0.29) is 17.8 Å². The van der Waals surface area contributed by atoms with Crippen LogP contribution in [-0.4, -0.2) is 33.4 Å². The zero-order chi connectivity index (χ0) is 17.1. The monoisotopic (exact) mass is 330 g/mol. The van der Waals surface area contributed by atoms with Gasteiger partial charge in [-0.05, 0) is 56.1 Å². The largest absolute Gasteiger partial charge is 0.481 e. The Morgan fingerprint density at radius 3 is 2.92 bits per heavy atom. The number of aliphatic carboxylic acids is 1. The van der Waals surface area contributed by atoms with Gasteiger partial charge in [0.2, 0.25) is 0 Å². The van der Waals surface area contributed by atoms with Crippen LogP contribution in [0.1, 0.15) is 39.0 Å². The van der Waals surface area contributed by atoms with Gasteiger partial charge in [-0.25, -0.2) is 0 Å². The summed E-state index contributed by atoms with van der Waals surface area (Å²) >= 11 is 0. The molecule has 0 aromatic rings. The van der Waals surface area contributed by atoms with Crippen molar-refractivity contribution in [1.82, 2.24) is 0 Å².